The van der Waals surface area contributed by atoms with Crippen molar-refractivity contribution in [1.29, 1.82) is 0 Å². The Morgan fingerprint density at radius 3 is 2.44 bits per heavy atom. The highest BCUT2D eigenvalue weighted by Gasteiger charge is 2.58. The molecule has 1 aliphatic heterocycles. The van der Waals surface area contributed by atoms with Crippen molar-refractivity contribution in [3.05, 3.63) is 65.5 Å². The second-order valence-electron chi connectivity index (χ2n) is 10.6. The molecule has 1 N–H and O–H groups in total. The summed E-state index contributed by atoms with van der Waals surface area (Å²) in [6.07, 6.45) is -6.30. The zero-order valence-corrected chi connectivity index (χ0v) is 22.2. The molecule has 4 rings (SSSR count). The van der Waals surface area contributed by atoms with Crippen molar-refractivity contribution in [3.63, 3.8) is 0 Å². The third-order valence-corrected chi connectivity index (χ3v) is 6.51. The monoisotopic (exact) mass is 555 g/mol. The van der Waals surface area contributed by atoms with E-state index in [-0.39, 0.29) is 49.6 Å². The summed E-state index contributed by atoms with van der Waals surface area (Å²) in [4.78, 5) is 13.6. The van der Waals surface area contributed by atoms with Crippen LogP contribution >= 0.6 is 0 Å². The van der Waals surface area contributed by atoms with E-state index in [1.165, 1.54) is 30.3 Å². The SMILES string of the molecule is CC(C)NC(=O)[C@@]1(OCc2ccc(F)cc2)C[C@@H](OCc2cccc(OC(F)(F)F)c2)[C@@H]2OC(C)(C)O[C@@H]2C1. The number of benzene rings is 2. The molecule has 2 fully saturated rings. The van der Waals surface area contributed by atoms with Crippen molar-refractivity contribution >= 4 is 5.91 Å². The second kappa shape index (κ2) is 11.4. The van der Waals surface area contributed by atoms with Crippen LogP contribution in [0, 0.1) is 5.82 Å². The number of alkyl halides is 3. The fourth-order valence-electron chi connectivity index (χ4n) is 4.94. The molecule has 0 unspecified atom stereocenters. The minimum atomic E-state index is -4.82. The van der Waals surface area contributed by atoms with Crippen LogP contribution in [0.4, 0.5) is 17.6 Å². The van der Waals surface area contributed by atoms with E-state index in [1.807, 2.05) is 13.8 Å². The Bertz CT molecular complexity index is 1140. The van der Waals surface area contributed by atoms with Gasteiger partial charge in [-0.1, -0.05) is 24.3 Å². The van der Waals surface area contributed by atoms with Gasteiger partial charge in [0.1, 0.15) is 17.7 Å². The normalized spacial score (nSPS) is 26.3. The Morgan fingerprint density at radius 2 is 1.77 bits per heavy atom. The standard InChI is InChI=1S/C28H33F4NO6/c1-17(2)33-25(34)27(36-16-18-8-10-20(29)11-9-18)13-22(24-23(14-27)38-26(3,4)39-24)35-15-19-6-5-7-21(12-19)37-28(30,31)32/h5-12,17,22-24H,13-16H2,1-4H3,(H,33,34)/t22-,23-,24+,27-/m1/s1. The van der Waals surface area contributed by atoms with E-state index >= 15 is 0 Å². The van der Waals surface area contributed by atoms with E-state index in [2.05, 4.69) is 10.1 Å². The van der Waals surface area contributed by atoms with Crippen molar-refractivity contribution in [3.8, 4) is 5.75 Å². The predicted molar refractivity (Wildman–Crippen MR) is 132 cm³/mol. The van der Waals surface area contributed by atoms with E-state index < -0.39 is 36.1 Å². The smallest absolute Gasteiger partial charge is 0.406 e. The number of halogens is 4. The third-order valence-electron chi connectivity index (χ3n) is 6.51. The van der Waals surface area contributed by atoms with Crippen LogP contribution in [0.5, 0.6) is 5.75 Å². The zero-order chi connectivity index (χ0) is 28.4. The summed E-state index contributed by atoms with van der Waals surface area (Å²) < 4.78 is 80.2. The molecule has 2 aromatic carbocycles. The number of carbonyl (C=O) groups is 1. The highest BCUT2D eigenvalue weighted by atomic mass is 19.4. The predicted octanol–water partition coefficient (Wildman–Crippen LogP) is 5.40. The number of rotatable bonds is 9. The van der Waals surface area contributed by atoms with Gasteiger partial charge in [0.2, 0.25) is 0 Å². The Kier molecular flexibility index (Phi) is 8.55. The zero-order valence-electron chi connectivity index (χ0n) is 22.2. The highest BCUT2D eigenvalue weighted by Crippen LogP contribution is 2.44. The van der Waals surface area contributed by atoms with Gasteiger partial charge in [0.15, 0.2) is 11.4 Å². The van der Waals surface area contributed by atoms with Gasteiger partial charge in [-0.25, -0.2) is 4.39 Å². The molecule has 1 amide bonds. The topological polar surface area (TPSA) is 75.3 Å². The molecule has 0 radical (unpaired) electrons. The maximum Gasteiger partial charge on any atom is 0.573 e. The maximum atomic E-state index is 13.6. The Morgan fingerprint density at radius 1 is 1.05 bits per heavy atom. The Hall–Kier alpha value is -2.73. The number of amides is 1. The maximum absolute atomic E-state index is 13.6. The Labute approximate surface area is 224 Å². The molecular formula is C28H33F4NO6. The summed E-state index contributed by atoms with van der Waals surface area (Å²) in [5.74, 6) is -2.04. The molecule has 4 atom stereocenters. The van der Waals surface area contributed by atoms with E-state index in [1.54, 1.807) is 32.0 Å². The molecule has 11 heteroatoms. The van der Waals surface area contributed by atoms with Crippen LogP contribution in [0.2, 0.25) is 0 Å². The molecular weight excluding hydrogens is 522 g/mol. The van der Waals surface area contributed by atoms with Gasteiger partial charge in [-0.05, 0) is 63.1 Å². The first-order chi connectivity index (χ1) is 18.2. The van der Waals surface area contributed by atoms with E-state index in [0.717, 1.165) is 0 Å². The quantitative estimate of drug-likeness (QED) is 0.418. The molecule has 0 aromatic heterocycles. The van der Waals surface area contributed by atoms with Crippen LogP contribution in [0.3, 0.4) is 0 Å². The molecule has 1 saturated carbocycles. The van der Waals surface area contributed by atoms with Gasteiger partial charge in [0, 0.05) is 18.9 Å². The fraction of sp³-hybridized carbons (Fsp3) is 0.536. The van der Waals surface area contributed by atoms with Crippen molar-refractivity contribution in [2.75, 3.05) is 0 Å². The van der Waals surface area contributed by atoms with Crippen LogP contribution in [0.25, 0.3) is 0 Å². The molecule has 39 heavy (non-hydrogen) atoms. The lowest BCUT2D eigenvalue weighted by Gasteiger charge is -2.43. The molecule has 1 saturated heterocycles. The molecule has 214 valence electrons. The minimum Gasteiger partial charge on any atom is -0.406 e. The number of hydrogen-bond acceptors (Lipinski definition) is 6. The number of nitrogens with one attached hydrogen (secondary N) is 1. The summed E-state index contributed by atoms with van der Waals surface area (Å²) in [7, 11) is 0. The van der Waals surface area contributed by atoms with Crippen molar-refractivity contribution in [2.45, 2.75) is 95.9 Å². The lowest BCUT2D eigenvalue weighted by Crippen LogP contribution is -2.60. The summed E-state index contributed by atoms with van der Waals surface area (Å²) in [6.45, 7) is 7.16. The van der Waals surface area contributed by atoms with E-state index in [9.17, 15) is 22.4 Å². The van der Waals surface area contributed by atoms with Crippen molar-refractivity contribution < 1.29 is 46.0 Å². The molecule has 0 bridgehead atoms. The van der Waals surface area contributed by atoms with Gasteiger partial charge in [-0.2, -0.15) is 0 Å². The van der Waals surface area contributed by atoms with Crippen LogP contribution in [-0.2, 0) is 37.0 Å². The lowest BCUT2D eigenvalue weighted by molar-refractivity contribution is -0.274. The number of carbonyl (C=O) groups excluding carboxylic acids is 1. The first-order valence-corrected chi connectivity index (χ1v) is 12.7. The number of fused-ring (bicyclic) bond motifs is 1. The minimum absolute atomic E-state index is 0.0387. The van der Waals surface area contributed by atoms with Crippen LogP contribution in [0.1, 0.15) is 51.7 Å². The molecule has 1 heterocycles. The molecule has 0 spiro atoms. The Balaban J connectivity index is 1.58. The first kappa shape index (κ1) is 29.3. The molecule has 7 nitrogen and oxygen atoms in total. The lowest BCUT2D eigenvalue weighted by atomic mass is 9.78. The second-order valence-corrected chi connectivity index (χ2v) is 10.6. The molecule has 1 aliphatic carbocycles. The van der Waals surface area contributed by atoms with Gasteiger partial charge < -0.3 is 29.0 Å². The van der Waals surface area contributed by atoms with E-state index in [0.29, 0.717) is 11.1 Å². The highest BCUT2D eigenvalue weighted by molar-refractivity contribution is 5.85. The largest absolute Gasteiger partial charge is 0.573 e. The molecule has 2 aromatic rings. The van der Waals surface area contributed by atoms with E-state index in [4.69, 9.17) is 18.9 Å². The molecule has 2 aliphatic rings. The number of hydrogen-bond donors (Lipinski definition) is 1. The van der Waals surface area contributed by atoms with Gasteiger partial charge in [0.25, 0.3) is 5.91 Å². The van der Waals surface area contributed by atoms with Crippen LogP contribution in [-0.4, -0.2) is 48.0 Å². The first-order valence-electron chi connectivity index (χ1n) is 12.7. The fourth-order valence-corrected chi connectivity index (χ4v) is 4.94. The van der Waals surface area contributed by atoms with Gasteiger partial charge in [-0.3, -0.25) is 4.79 Å². The van der Waals surface area contributed by atoms with Crippen LogP contribution in [0.15, 0.2) is 48.5 Å². The summed E-state index contributed by atoms with van der Waals surface area (Å²) in [5, 5.41) is 2.92. The van der Waals surface area contributed by atoms with Crippen LogP contribution < -0.4 is 10.1 Å². The average molecular weight is 556 g/mol. The van der Waals surface area contributed by atoms with Crippen molar-refractivity contribution in [1.82, 2.24) is 5.32 Å². The summed E-state index contributed by atoms with van der Waals surface area (Å²) in [5.41, 5.74) is -0.241. The van der Waals surface area contributed by atoms with Crippen molar-refractivity contribution in [2.24, 2.45) is 0 Å². The number of ether oxygens (including phenoxy) is 5. The van der Waals surface area contributed by atoms with Gasteiger partial charge in [0.05, 0.1) is 25.4 Å². The van der Waals surface area contributed by atoms with Gasteiger partial charge >= 0.3 is 6.36 Å². The summed E-state index contributed by atoms with van der Waals surface area (Å²) >= 11 is 0. The average Bonchev–Trinajstić information content (AvgIpc) is 3.14. The van der Waals surface area contributed by atoms with Gasteiger partial charge in [-0.15, -0.1) is 13.2 Å². The summed E-state index contributed by atoms with van der Waals surface area (Å²) in [6, 6.07) is 11.1. The third kappa shape index (κ3) is 7.69.